The number of nitrogens with zero attached hydrogens (tertiary/aromatic N) is 2. The number of thioether (sulfide) groups is 1. The molecule has 0 radical (unpaired) electrons. The van der Waals surface area contributed by atoms with Gasteiger partial charge in [-0.3, -0.25) is 19.9 Å². The Labute approximate surface area is 131 Å². The zero-order chi connectivity index (χ0) is 15.5. The standard InChI is InChI=1S/C15H15N3O3S/c19-14-13(9-10-5-7-12(8-6-10)18(20)21)22-15(17-14)16-11-3-1-2-4-11/h5-9,11H,1-4H2,(H,16,17,19). The van der Waals surface area contributed by atoms with Crippen LogP contribution in [0.3, 0.4) is 0 Å². The van der Waals surface area contributed by atoms with E-state index >= 15 is 0 Å². The maximum Gasteiger partial charge on any atom is 0.269 e. The van der Waals surface area contributed by atoms with Crippen LogP contribution >= 0.6 is 11.8 Å². The van der Waals surface area contributed by atoms with Crippen molar-refractivity contribution in [1.82, 2.24) is 5.32 Å². The van der Waals surface area contributed by atoms with Gasteiger partial charge in [-0.1, -0.05) is 12.8 Å². The molecule has 2 fully saturated rings. The highest BCUT2D eigenvalue weighted by molar-refractivity contribution is 8.18. The number of rotatable bonds is 3. The van der Waals surface area contributed by atoms with Crippen LogP contribution in [-0.2, 0) is 4.79 Å². The van der Waals surface area contributed by atoms with Gasteiger partial charge in [0.2, 0.25) is 0 Å². The van der Waals surface area contributed by atoms with Gasteiger partial charge >= 0.3 is 0 Å². The zero-order valence-corrected chi connectivity index (χ0v) is 12.6. The Balaban J connectivity index is 1.73. The first kappa shape index (κ1) is 14.8. The molecular weight excluding hydrogens is 302 g/mol. The fourth-order valence-corrected chi connectivity index (χ4v) is 3.42. The number of carbonyl (C=O) groups excluding carboxylic acids is 1. The van der Waals surface area contributed by atoms with E-state index in [4.69, 9.17) is 0 Å². The average Bonchev–Trinajstić information content (AvgIpc) is 3.11. The van der Waals surface area contributed by atoms with Crippen molar-refractivity contribution < 1.29 is 9.72 Å². The molecule has 1 heterocycles. The Hall–Kier alpha value is -2.15. The number of nitro groups is 1. The van der Waals surface area contributed by atoms with Gasteiger partial charge in [0.15, 0.2) is 5.17 Å². The highest BCUT2D eigenvalue weighted by Crippen LogP contribution is 2.29. The normalized spacial score (nSPS) is 22.5. The predicted molar refractivity (Wildman–Crippen MR) is 86.5 cm³/mol. The summed E-state index contributed by atoms with van der Waals surface area (Å²) in [5.74, 6) is -0.167. The molecule has 7 heteroatoms. The minimum atomic E-state index is -0.444. The number of nitro benzene ring substituents is 1. The van der Waals surface area contributed by atoms with Crippen molar-refractivity contribution in [3.63, 3.8) is 0 Å². The van der Waals surface area contributed by atoms with E-state index in [-0.39, 0.29) is 11.6 Å². The molecule has 1 aromatic carbocycles. The van der Waals surface area contributed by atoms with Crippen LogP contribution in [0.1, 0.15) is 31.2 Å². The first-order chi connectivity index (χ1) is 10.6. The number of hydrogen-bond donors (Lipinski definition) is 1. The van der Waals surface area contributed by atoms with Crippen molar-refractivity contribution in [2.24, 2.45) is 4.99 Å². The lowest BCUT2D eigenvalue weighted by Crippen LogP contribution is -2.21. The molecule has 1 aliphatic carbocycles. The largest absolute Gasteiger partial charge is 0.301 e. The molecule has 0 unspecified atom stereocenters. The van der Waals surface area contributed by atoms with E-state index in [9.17, 15) is 14.9 Å². The second-order valence-electron chi connectivity index (χ2n) is 5.29. The van der Waals surface area contributed by atoms with Crippen LogP contribution in [-0.4, -0.2) is 22.0 Å². The Morgan fingerprint density at radius 3 is 2.59 bits per heavy atom. The van der Waals surface area contributed by atoms with Crippen LogP contribution < -0.4 is 5.32 Å². The molecule has 0 bridgehead atoms. The van der Waals surface area contributed by atoms with Crippen molar-refractivity contribution in [1.29, 1.82) is 0 Å². The summed E-state index contributed by atoms with van der Waals surface area (Å²) in [6, 6.07) is 6.44. The third-order valence-corrected chi connectivity index (χ3v) is 4.60. The number of amidine groups is 1. The minimum absolute atomic E-state index is 0.0363. The van der Waals surface area contributed by atoms with Gasteiger partial charge in [0.1, 0.15) is 0 Å². The third kappa shape index (κ3) is 3.36. The third-order valence-electron chi connectivity index (χ3n) is 3.68. The van der Waals surface area contributed by atoms with Gasteiger partial charge in [-0.05, 0) is 48.4 Å². The van der Waals surface area contributed by atoms with Crippen LogP contribution in [0.2, 0.25) is 0 Å². The van der Waals surface area contributed by atoms with E-state index in [2.05, 4.69) is 10.3 Å². The summed E-state index contributed by atoms with van der Waals surface area (Å²) in [5, 5.41) is 14.1. The van der Waals surface area contributed by atoms with Gasteiger partial charge in [0, 0.05) is 12.1 Å². The molecule has 1 N–H and O–H groups in total. The topological polar surface area (TPSA) is 84.6 Å². The van der Waals surface area contributed by atoms with Gasteiger partial charge < -0.3 is 5.32 Å². The molecule has 0 atom stereocenters. The van der Waals surface area contributed by atoms with Gasteiger partial charge in [-0.15, -0.1) is 0 Å². The highest BCUT2D eigenvalue weighted by atomic mass is 32.2. The van der Waals surface area contributed by atoms with Crippen molar-refractivity contribution in [3.05, 3.63) is 44.8 Å². The Kier molecular flexibility index (Phi) is 4.24. The molecule has 2 aliphatic rings. The van der Waals surface area contributed by atoms with E-state index < -0.39 is 4.92 Å². The summed E-state index contributed by atoms with van der Waals surface area (Å²) in [6.45, 7) is 0. The molecule has 22 heavy (non-hydrogen) atoms. The predicted octanol–water partition coefficient (Wildman–Crippen LogP) is 3.10. The molecule has 114 valence electrons. The highest BCUT2D eigenvalue weighted by Gasteiger charge is 2.25. The van der Waals surface area contributed by atoms with Crippen LogP contribution in [0, 0.1) is 10.1 Å². The summed E-state index contributed by atoms with van der Waals surface area (Å²) in [7, 11) is 0. The van der Waals surface area contributed by atoms with E-state index in [1.54, 1.807) is 18.2 Å². The summed E-state index contributed by atoms with van der Waals surface area (Å²) < 4.78 is 0. The van der Waals surface area contributed by atoms with Gasteiger partial charge in [0.25, 0.3) is 11.6 Å². The minimum Gasteiger partial charge on any atom is -0.301 e. The van der Waals surface area contributed by atoms with Crippen molar-refractivity contribution in [2.45, 2.75) is 31.7 Å². The van der Waals surface area contributed by atoms with Crippen LogP contribution in [0.25, 0.3) is 6.08 Å². The number of non-ortho nitro benzene ring substituents is 1. The Morgan fingerprint density at radius 1 is 1.27 bits per heavy atom. The Bertz CT molecular complexity index is 661. The molecule has 1 saturated carbocycles. The number of nitrogens with one attached hydrogen (secondary N) is 1. The summed E-state index contributed by atoms with van der Waals surface area (Å²) >= 11 is 1.33. The lowest BCUT2D eigenvalue weighted by Gasteiger charge is -2.02. The van der Waals surface area contributed by atoms with Crippen LogP contribution in [0.4, 0.5) is 5.69 Å². The van der Waals surface area contributed by atoms with Gasteiger partial charge in [-0.25, -0.2) is 0 Å². The van der Waals surface area contributed by atoms with Gasteiger partial charge in [0.05, 0.1) is 15.9 Å². The first-order valence-electron chi connectivity index (χ1n) is 7.15. The SMILES string of the molecule is O=C1NC(=NC2CCCC2)SC1=Cc1ccc([N+](=O)[O-])cc1. The monoisotopic (exact) mass is 317 g/mol. The molecule has 3 rings (SSSR count). The van der Waals surface area contributed by atoms with Crippen molar-refractivity contribution in [3.8, 4) is 0 Å². The van der Waals surface area contributed by atoms with E-state index in [0.717, 1.165) is 18.4 Å². The molecular formula is C15H15N3O3S. The molecule has 0 spiro atoms. The molecule has 6 nitrogen and oxygen atoms in total. The number of amides is 1. The maximum atomic E-state index is 11.9. The van der Waals surface area contributed by atoms with Crippen molar-refractivity contribution >= 4 is 34.6 Å². The number of aliphatic imine (C=N–C) groups is 1. The second kappa shape index (κ2) is 6.31. The lowest BCUT2D eigenvalue weighted by atomic mass is 10.2. The zero-order valence-electron chi connectivity index (χ0n) is 11.8. The van der Waals surface area contributed by atoms with E-state index in [0.29, 0.717) is 16.1 Å². The summed E-state index contributed by atoms with van der Waals surface area (Å²) in [4.78, 5) is 27.3. The fourth-order valence-electron chi connectivity index (χ4n) is 2.53. The molecule has 0 aromatic heterocycles. The number of benzene rings is 1. The number of hydrogen-bond acceptors (Lipinski definition) is 5. The summed E-state index contributed by atoms with van der Waals surface area (Å²) in [5.41, 5.74) is 0.791. The molecule has 1 saturated heterocycles. The van der Waals surface area contributed by atoms with Crippen LogP contribution in [0.15, 0.2) is 34.2 Å². The molecule has 1 amide bonds. The second-order valence-corrected chi connectivity index (χ2v) is 6.32. The van der Waals surface area contributed by atoms with Crippen LogP contribution in [0.5, 0.6) is 0 Å². The first-order valence-corrected chi connectivity index (χ1v) is 7.96. The van der Waals surface area contributed by atoms with Gasteiger partial charge in [-0.2, -0.15) is 0 Å². The quantitative estimate of drug-likeness (QED) is 0.527. The number of carbonyl (C=O) groups is 1. The summed E-state index contributed by atoms with van der Waals surface area (Å²) in [6.07, 6.45) is 6.29. The Morgan fingerprint density at radius 2 is 1.95 bits per heavy atom. The van der Waals surface area contributed by atoms with E-state index in [1.165, 1.54) is 36.7 Å². The average molecular weight is 317 g/mol. The fraction of sp³-hybridized carbons (Fsp3) is 0.333. The smallest absolute Gasteiger partial charge is 0.269 e. The van der Waals surface area contributed by atoms with E-state index in [1.807, 2.05) is 0 Å². The molecule has 1 aliphatic heterocycles. The molecule has 1 aromatic rings. The lowest BCUT2D eigenvalue weighted by molar-refractivity contribution is -0.384. The maximum absolute atomic E-state index is 11.9. The van der Waals surface area contributed by atoms with Crippen molar-refractivity contribution in [2.75, 3.05) is 0 Å².